The number of esters is 1. The van der Waals surface area contributed by atoms with Crippen molar-refractivity contribution in [2.45, 2.75) is 19.2 Å². The zero-order valence-electron chi connectivity index (χ0n) is 11.1. The van der Waals surface area contributed by atoms with Crippen LogP contribution in [0.3, 0.4) is 0 Å². The van der Waals surface area contributed by atoms with Gasteiger partial charge in [0.15, 0.2) is 6.10 Å². The lowest BCUT2D eigenvalue weighted by molar-refractivity contribution is -0.137. The molecule has 108 valence electrons. The fourth-order valence-corrected chi connectivity index (χ4v) is 2.36. The average Bonchev–Trinajstić information content (AvgIpc) is 2.76. The maximum Gasteiger partial charge on any atom is 0.416 e. The Kier molecular flexibility index (Phi) is 3.01. The molecular formula is C16H11F3O2. The van der Waals surface area contributed by atoms with Gasteiger partial charge < -0.3 is 4.74 Å². The van der Waals surface area contributed by atoms with Gasteiger partial charge in [-0.05, 0) is 30.7 Å². The lowest BCUT2D eigenvalue weighted by Gasteiger charge is -2.13. The first kappa shape index (κ1) is 13.7. The highest BCUT2D eigenvalue weighted by molar-refractivity contribution is 5.94. The van der Waals surface area contributed by atoms with Gasteiger partial charge in [0.2, 0.25) is 0 Å². The van der Waals surface area contributed by atoms with Gasteiger partial charge in [0.1, 0.15) is 0 Å². The van der Waals surface area contributed by atoms with Gasteiger partial charge in [-0.15, -0.1) is 0 Å². The Morgan fingerprint density at radius 1 is 1.05 bits per heavy atom. The summed E-state index contributed by atoms with van der Waals surface area (Å²) in [7, 11) is 0. The molecule has 2 aromatic carbocycles. The molecule has 0 aliphatic carbocycles. The second-order valence-electron chi connectivity index (χ2n) is 5.00. The number of benzene rings is 2. The van der Waals surface area contributed by atoms with Gasteiger partial charge in [0.25, 0.3) is 0 Å². The van der Waals surface area contributed by atoms with E-state index in [9.17, 15) is 18.0 Å². The fourth-order valence-electron chi connectivity index (χ4n) is 2.36. The highest BCUT2D eigenvalue weighted by Gasteiger charge is 2.37. The van der Waals surface area contributed by atoms with Gasteiger partial charge in [-0.3, -0.25) is 0 Å². The third-order valence-electron chi connectivity index (χ3n) is 3.49. The molecule has 3 rings (SSSR count). The van der Waals surface area contributed by atoms with Crippen LogP contribution in [0.4, 0.5) is 13.2 Å². The molecule has 1 atom stereocenters. The second kappa shape index (κ2) is 4.62. The molecule has 0 spiro atoms. The third kappa shape index (κ3) is 2.39. The number of alkyl halides is 3. The van der Waals surface area contributed by atoms with Gasteiger partial charge in [-0.1, -0.05) is 29.8 Å². The number of cyclic esters (lactones) is 1. The van der Waals surface area contributed by atoms with Crippen LogP contribution in [0.25, 0.3) is 0 Å². The monoisotopic (exact) mass is 292 g/mol. The molecule has 2 aromatic rings. The Labute approximate surface area is 119 Å². The first-order valence-corrected chi connectivity index (χ1v) is 6.35. The molecule has 0 saturated carbocycles. The molecule has 1 heterocycles. The molecule has 0 amide bonds. The van der Waals surface area contributed by atoms with Crippen molar-refractivity contribution in [1.29, 1.82) is 0 Å². The van der Waals surface area contributed by atoms with Crippen molar-refractivity contribution in [1.82, 2.24) is 0 Å². The number of ether oxygens (including phenoxy) is 1. The molecule has 1 aliphatic rings. The predicted molar refractivity (Wildman–Crippen MR) is 69.9 cm³/mol. The van der Waals surface area contributed by atoms with E-state index in [2.05, 4.69) is 0 Å². The average molecular weight is 292 g/mol. The number of halogens is 3. The zero-order valence-corrected chi connectivity index (χ0v) is 11.1. The molecule has 0 fully saturated rings. The Bertz CT molecular complexity index is 702. The van der Waals surface area contributed by atoms with Crippen LogP contribution < -0.4 is 0 Å². The predicted octanol–water partition coefficient (Wildman–Crippen LogP) is 4.27. The first-order chi connectivity index (χ1) is 9.86. The summed E-state index contributed by atoms with van der Waals surface area (Å²) in [5.74, 6) is -0.593. The van der Waals surface area contributed by atoms with E-state index in [1.807, 2.05) is 19.1 Å². The van der Waals surface area contributed by atoms with E-state index in [4.69, 9.17) is 4.74 Å². The van der Waals surface area contributed by atoms with Crippen LogP contribution in [-0.4, -0.2) is 5.97 Å². The Morgan fingerprint density at radius 2 is 1.71 bits per heavy atom. The Balaban J connectivity index is 2.09. The molecule has 1 unspecified atom stereocenters. The number of fused-ring (bicyclic) bond motifs is 1. The molecule has 0 bridgehead atoms. The van der Waals surface area contributed by atoms with Crippen LogP contribution >= 0.6 is 0 Å². The molecule has 5 heteroatoms. The Hall–Kier alpha value is -2.30. The lowest BCUT2D eigenvalue weighted by atomic mass is 9.96. The van der Waals surface area contributed by atoms with E-state index in [-0.39, 0.29) is 11.1 Å². The van der Waals surface area contributed by atoms with Crippen LogP contribution in [0.2, 0.25) is 0 Å². The van der Waals surface area contributed by atoms with Crippen LogP contribution in [0.1, 0.15) is 38.7 Å². The smallest absolute Gasteiger partial charge is 0.416 e. The molecule has 0 N–H and O–H groups in total. The summed E-state index contributed by atoms with van der Waals surface area (Å²) in [6, 6.07) is 10.2. The number of aryl methyl sites for hydroxylation is 1. The van der Waals surface area contributed by atoms with Crippen molar-refractivity contribution in [3.8, 4) is 0 Å². The minimum absolute atomic E-state index is 0.188. The van der Waals surface area contributed by atoms with E-state index >= 15 is 0 Å². The molecule has 21 heavy (non-hydrogen) atoms. The topological polar surface area (TPSA) is 26.3 Å². The summed E-state index contributed by atoms with van der Waals surface area (Å²) >= 11 is 0. The summed E-state index contributed by atoms with van der Waals surface area (Å²) in [4.78, 5) is 11.8. The lowest BCUT2D eigenvalue weighted by Crippen LogP contribution is -2.07. The second-order valence-corrected chi connectivity index (χ2v) is 5.00. The largest absolute Gasteiger partial charge is 0.449 e. The molecule has 2 nitrogen and oxygen atoms in total. The first-order valence-electron chi connectivity index (χ1n) is 6.35. The van der Waals surface area contributed by atoms with E-state index in [1.165, 1.54) is 6.07 Å². The van der Waals surface area contributed by atoms with Gasteiger partial charge >= 0.3 is 12.1 Å². The van der Waals surface area contributed by atoms with Crippen molar-refractivity contribution in [2.24, 2.45) is 0 Å². The quantitative estimate of drug-likeness (QED) is 0.734. The van der Waals surface area contributed by atoms with Crippen LogP contribution in [0.15, 0.2) is 42.5 Å². The van der Waals surface area contributed by atoms with Crippen molar-refractivity contribution >= 4 is 5.97 Å². The van der Waals surface area contributed by atoms with Crippen molar-refractivity contribution < 1.29 is 22.7 Å². The van der Waals surface area contributed by atoms with Gasteiger partial charge in [-0.25, -0.2) is 4.79 Å². The molecule has 0 radical (unpaired) electrons. The summed E-state index contributed by atoms with van der Waals surface area (Å²) < 4.78 is 43.6. The Morgan fingerprint density at radius 3 is 2.33 bits per heavy atom. The maximum atomic E-state index is 12.8. The SMILES string of the molecule is Cc1ccc(C2OC(=O)c3ccc(C(F)(F)F)cc32)cc1. The van der Waals surface area contributed by atoms with E-state index in [0.717, 1.165) is 17.7 Å². The minimum atomic E-state index is -4.45. The molecule has 0 aromatic heterocycles. The van der Waals surface area contributed by atoms with Crippen LogP contribution in [0, 0.1) is 6.92 Å². The molecule has 0 saturated heterocycles. The number of hydrogen-bond acceptors (Lipinski definition) is 2. The van der Waals surface area contributed by atoms with Crippen molar-refractivity contribution in [3.05, 3.63) is 70.3 Å². The summed E-state index contributed by atoms with van der Waals surface area (Å²) in [6.07, 6.45) is -5.23. The summed E-state index contributed by atoms with van der Waals surface area (Å²) in [6.45, 7) is 1.90. The maximum absolute atomic E-state index is 12.8. The van der Waals surface area contributed by atoms with Gasteiger partial charge in [0.05, 0.1) is 11.1 Å². The summed E-state index contributed by atoms with van der Waals surface area (Å²) in [5.41, 5.74) is 1.35. The number of carbonyl (C=O) groups excluding carboxylic acids is 1. The molecule has 1 aliphatic heterocycles. The molecular weight excluding hydrogens is 281 g/mol. The standard InChI is InChI=1S/C16H11F3O2/c1-9-2-4-10(5-3-9)14-13-8-11(16(17,18)19)6-7-12(13)15(20)21-14/h2-8,14H,1H3. The van der Waals surface area contributed by atoms with E-state index in [0.29, 0.717) is 5.56 Å². The zero-order chi connectivity index (χ0) is 15.2. The highest BCUT2D eigenvalue weighted by atomic mass is 19.4. The highest BCUT2D eigenvalue weighted by Crippen LogP contribution is 2.39. The van der Waals surface area contributed by atoms with E-state index < -0.39 is 23.8 Å². The minimum Gasteiger partial charge on any atom is -0.449 e. The van der Waals surface area contributed by atoms with Crippen LogP contribution in [-0.2, 0) is 10.9 Å². The normalized spacial score (nSPS) is 17.5. The third-order valence-corrected chi connectivity index (χ3v) is 3.49. The fraction of sp³-hybridized carbons (Fsp3) is 0.188. The number of hydrogen-bond donors (Lipinski definition) is 0. The van der Waals surface area contributed by atoms with Crippen molar-refractivity contribution in [3.63, 3.8) is 0 Å². The van der Waals surface area contributed by atoms with Crippen LogP contribution in [0.5, 0.6) is 0 Å². The van der Waals surface area contributed by atoms with E-state index in [1.54, 1.807) is 12.1 Å². The van der Waals surface area contributed by atoms with Gasteiger partial charge in [-0.2, -0.15) is 13.2 Å². The van der Waals surface area contributed by atoms with Gasteiger partial charge in [0, 0.05) is 5.56 Å². The van der Waals surface area contributed by atoms with Crippen molar-refractivity contribution in [2.75, 3.05) is 0 Å². The summed E-state index contributed by atoms with van der Waals surface area (Å²) in [5, 5.41) is 0. The number of carbonyl (C=O) groups is 1. The number of rotatable bonds is 1.